The highest BCUT2D eigenvalue weighted by Gasteiger charge is 2.12. The van der Waals surface area contributed by atoms with Gasteiger partial charge in [-0.25, -0.2) is 4.98 Å². The maximum atomic E-state index is 12.2. The molecule has 0 saturated carbocycles. The topological polar surface area (TPSA) is 83.8 Å². The van der Waals surface area contributed by atoms with Crippen LogP contribution in [0.5, 0.6) is 0 Å². The predicted molar refractivity (Wildman–Crippen MR) is 108 cm³/mol. The average molecular weight is 373 g/mol. The van der Waals surface area contributed by atoms with E-state index in [2.05, 4.69) is 41.3 Å². The minimum Gasteiger partial charge on any atom is -0.354 e. The molecule has 0 aliphatic rings. The second kappa shape index (κ2) is 8.83. The van der Waals surface area contributed by atoms with Crippen molar-refractivity contribution in [1.29, 1.82) is 0 Å². The summed E-state index contributed by atoms with van der Waals surface area (Å²) < 4.78 is 0. The molecule has 5 nitrogen and oxygen atoms in total. The zero-order chi connectivity index (χ0) is 17.8. The molecule has 3 aromatic rings. The van der Waals surface area contributed by atoms with Crippen molar-refractivity contribution in [2.45, 2.75) is 32.2 Å². The van der Waals surface area contributed by atoms with E-state index < -0.39 is 0 Å². The molecule has 4 N–H and O–H groups in total. The van der Waals surface area contributed by atoms with Crippen LogP contribution in [0.4, 0.5) is 0 Å². The lowest BCUT2D eigenvalue weighted by atomic mass is 9.99. The molecule has 26 heavy (non-hydrogen) atoms. The third-order valence-electron chi connectivity index (χ3n) is 4.44. The first kappa shape index (κ1) is 19.9. The van der Waals surface area contributed by atoms with Crippen LogP contribution in [0.25, 0.3) is 11.0 Å². The van der Waals surface area contributed by atoms with Crippen LogP contribution in [-0.2, 0) is 11.2 Å². The van der Waals surface area contributed by atoms with Gasteiger partial charge in [0.2, 0.25) is 5.91 Å². The van der Waals surface area contributed by atoms with Gasteiger partial charge in [-0.3, -0.25) is 4.79 Å². The fraction of sp³-hybridized carbons (Fsp3) is 0.300. The zero-order valence-electron chi connectivity index (χ0n) is 15.0. The van der Waals surface area contributed by atoms with Gasteiger partial charge < -0.3 is 16.0 Å². The third kappa shape index (κ3) is 4.62. The van der Waals surface area contributed by atoms with Crippen LogP contribution in [0.2, 0.25) is 0 Å². The van der Waals surface area contributed by atoms with Crippen LogP contribution in [0.1, 0.15) is 42.5 Å². The number of aromatic nitrogens is 2. The first-order chi connectivity index (χ1) is 12.0. The van der Waals surface area contributed by atoms with Crippen LogP contribution in [-0.4, -0.2) is 22.4 Å². The number of fused-ring (bicyclic) bond motifs is 1. The summed E-state index contributed by atoms with van der Waals surface area (Å²) in [5.74, 6) is 0.453. The molecule has 0 radical (unpaired) electrons. The normalized spacial score (nSPS) is 12.0. The summed E-state index contributed by atoms with van der Waals surface area (Å²) in [4.78, 5) is 19.6. The Morgan fingerprint density at radius 1 is 1.19 bits per heavy atom. The van der Waals surface area contributed by atoms with Gasteiger partial charge >= 0.3 is 0 Å². The predicted octanol–water partition coefficient (Wildman–Crippen LogP) is 3.47. The monoisotopic (exact) mass is 372 g/mol. The van der Waals surface area contributed by atoms with Crippen LogP contribution in [0, 0.1) is 0 Å². The number of carbonyl (C=O) groups is 1. The summed E-state index contributed by atoms with van der Waals surface area (Å²) in [6.45, 7) is 4.74. The number of carbonyl (C=O) groups excluding carboxylic acids is 1. The highest BCUT2D eigenvalue weighted by molar-refractivity contribution is 5.87. The molecule has 1 amide bonds. The summed E-state index contributed by atoms with van der Waals surface area (Å²) in [6.07, 6.45) is 3.87. The number of nitrogens with two attached hydrogens (primary N) is 1. The zero-order valence-corrected chi connectivity index (χ0v) is 15.8. The second-order valence-corrected chi connectivity index (χ2v) is 6.62. The number of rotatable bonds is 6. The van der Waals surface area contributed by atoms with E-state index in [-0.39, 0.29) is 24.4 Å². The summed E-state index contributed by atoms with van der Waals surface area (Å²) in [6, 6.07) is 11.9. The van der Waals surface area contributed by atoms with E-state index in [1.165, 1.54) is 5.56 Å². The van der Waals surface area contributed by atoms with Crippen molar-refractivity contribution in [3.8, 4) is 0 Å². The van der Waals surface area contributed by atoms with Gasteiger partial charge in [0.25, 0.3) is 0 Å². The fourth-order valence-corrected chi connectivity index (χ4v) is 2.86. The lowest BCUT2D eigenvalue weighted by Gasteiger charge is -2.14. The van der Waals surface area contributed by atoms with E-state index in [0.29, 0.717) is 18.9 Å². The molecule has 3 rings (SSSR count). The molecule has 0 aliphatic heterocycles. The number of benzene rings is 1. The minimum absolute atomic E-state index is 0. The summed E-state index contributed by atoms with van der Waals surface area (Å²) in [7, 11) is 0. The number of nitrogens with zero attached hydrogens (tertiary/aromatic N) is 1. The lowest BCUT2D eigenvalue weighted by molar-refractivity contribution is -0.120. The Morgan fingerprint density at radius 3 is 2.58 bits per heavy atom. The Morgan fingerprint density at radius 2 is 1.88 bits per heavy atom. The molecule has 0 saturated heterocycles. The Kier molecular flexibility index (Phi) is 6.77. The molecule has 0 fully saturated rings. The number of hydrogen-bond donors (Lipinski definition) is 3. The van der Waals surface area contributed by atoms with Gasteiger partial charge in [-0.1, -0.05) is 38.1 Å². The standard InChI is InChI=1S/C20H24N4O.ClH/c1-13(2)14-5-7-15(8-6-14)18(21)12-23-19(25)10-16-11-24-20-17(16)4-3-9-22-20;/h3-9,11,13,18H,10,12,21H2,1-2H3,(H,22,24)(H,23,25);1H. The molecule has 0 spiro atoms. The molecule has 2 aromatic heterocycles. The van der Waals surface area contributed by atoms with Crippen molar-refractivity contribution in [2.24, 2.45) is 5.73 Å². The largest absolute Gasteiger partial charge is 0.354 e. The quantitative estimate of drug-likeness (QED) is 0.619. The van der Waals surface area contributed by atoms with Crippen molar-refractivity contribution in [1.82, 2.24) is 15.3 Å². The van der Waals surface area contributed by atoms with E-state index in [0.717, 1.165) is 22.2 Å². The summed E-state index contributed by atoms with van der Waals surface area (Å²) in [5, 5.41) is 3.90. The first-order valence-electron chi connectivity index (χ1n) is 8.57. The Hall–Kier alpha value is -2.37. The molecule has 1 atom stereocenters. The average Bonchev–Trinajstić information content (AvgIpc) is 3.03. The summed E-state index contributed by atoms with van der Waals surface area (Å²) in [5.41, 5.74) is 10.3. The highest BCUT2D eigenvalue weighted by atomic mass is 35.5. The Bertz CT molecular complexity index is 858. The fourth-order valence-electron chi connectivity index (χ4n) is 2.86. The van der Waals surface area contributed by atoms with Crippen molar-refractivity contribution >= 4 is 29.3 Å². The van der Waals surface area contributed by atoms with E-state index >= 15 is 0 Å². The van der Waals surface area contributed by atoms with E-state index in [1.54, 1.807) is 6.20 Å². The van der Waals surface area contributed by atoms with Gasteiger partial charge in [-0.15, -0.1) is 12.4 Å². The van der Waals surface area contributed by atoms with Gasteiger partial charge in [0, 0.05) is 30.4 Å². The number of amides is 1. The van der Waals surface area contributed by atoms with Gasteiger partial charge in [0.1, 0.15) is 5.65 Å². The van der Waals surface area contributed by atoms with E-state index in [9.17, 15) is 4.79 Å². The second-order valence-electron chi connectivity index (χ2n) is 6.62. The third-order valence-corrected chi connectivity index (χ3v) is 4.44. The van der Waals surface area contributed by atoms with Crippen molar-refractivity contribution in [3.63, 3.8) is 0 Å². The molecule has 6 heteroatoms. The maximum absolute atomic E-state index is 12.2. The smallest absolute Gasteiger partial charge is 0.224 e. The molecular weight excluding hydrogens is 348 g/mol. The SMILES string of the molecule is CC(C)c1ccc(C(N)CNC(=O)Cc2c[nH]c3ncccc23)cc1.Cl. The van der Waals surface area contributed by atoms with Gasteiger partial charge in [-0.2, -0.15) is 0 Å². The minimum atomic E-state index is -0.213. The maximum Gasteiger partial charge on any atom is 0.224 e. The molecule has 138 valence electrons. The first-order valence-corrected chi connectivity index (χ1v) is 8.57. The van der Waals surface area contributed by atoms with Crippen LogP contribution in [0.15, 0.2) is 48.8 Å². The molecule has 2 heterocycles. The molecular formula is C20H25ClN4O. The van der Waals surface area contributed by atoms with Crippen LogP contribution >= 0.6 is 12.4 Å². The van der Waals surface area contributed by atoms with E-state index in [4.69, 9.17) is 5.73 Å². The number of H-pyrrole nitrogens is 1. The van der Waals surface area contributed by atoms with Crippen molar-refractivity contribution in [3.05, 3.63) is 65.5 Å². The molecule has 1 aromatic carbocycles. The number of hydrogen-bond acceptors (Lipinski definition) is 3. The molecule has 0 aliphatic carbocycles. The lowest BCUT2D eigenvalue weighted by Crippen LogP contribution is -2.32. The van der Waals surface area contributed by atoms with Crippen molar-refractivity contribution in [2.75, 3.05) is 6.54 Å². The number of halogens is 1. The van der Waals surface area contributed by atoms with Crippen LogP contribution < -0.4 is 11.1 Å². The molecule has 0 bridgehead atoms. The highest BCUT2D eigenvalue weighted by Crippen LogP contribution is 2.18. The van der Waals surface area contributed by atoms with Crippen molar-refractivity contribution < 1.29 is 4.79 Å². The summed E-state index contributed by atoms with van der Waals surface area (Å²) >= 11 is 0. The van der Waals surface area contributed by atoms with E-state index in [1.807, 2.05) is 30.5 Å². The number of nitrogens with one attached hydrogen (secondary N) is 2. The van der Waals surface area contributed by atoms with Gasteiger partial charge in [0.15, 0.2) is 0 Å². The number of pyridine rings is 1. The number of aromatic amines is 1. The molecule has 1 unspecified atom stereocenters. The van der Waals surface area contributed by atoms with Gasteiger partial charge in [0.05, 0.1) is 6.42 Å². The Balaban J connectivity index is 0.00000243. The van der Waals surface area contributed by atoms with Crippen LogP contribution in [0.3, 0.4) is 0 Å². The van der Waals surface area contributed by atoms with Gasteiger partial charge in [-0.05, 0) is 34.7 Å². The Labute approximate surface area is 159 Å².